The topological polar surface area (TPSA) is 71.3 Å². The summed E-state index contributed by atoms with van der Waals surface area (Å²) in [5.74, 6) is 0.194. The first-order chi connectivity index (χ1) is 15.4. The Labute approximate surface area is 185 Å². The SMILES string of the molecule is Cc1ccc(-c2noc(C(C)N3CCC(C(=O)NCc4ccc(F)cc4)CC3)n2)cc1F. The molecule has 1 N–H and O–H groups in total. The van der Waals surface area contributed by atoms with Gasteiger partial charge in [0.2, 0.25) is 17.6 Å². The molecule has 0 spiro atoms. The average Bonchev–Trinajstić information content (AvgIpc) is 3.30. The standard InChI is InChI=1S/C24H26F2N4O2/c1-15-3-6-19(13-21(15)26)22-28-24(32-29-22)16(2)30-11-9-18(10-12-30)23(31)27-14-17-4-7-20(25)8-5-17/h3-8,13,16,18H,9-12,14H2,1-2H3,(H,27,31). The molecule has 0 aliphatic carbocycles. The number of halogens is 2. The molecule has 1 amide bonds. The molecule has 0 saturated carbocycles. The van der Waals surface area contributed by atoms with E-state index in [9.17, 15) is 13.6 Å². The van der Waals surface area contributed by atoms with Crippen molar-refractivity contribution >= 4 is 5.91 Å². The third-order valence-corrected chi connectivity index (χ3v) is 6.06. The lowest BCUT2D eigenvalue weighted by molar-refractivity contribution is -0.126. The summed E-state index contributed by atoms with van der Waals surface area (Å²) < 4.78 is 32.3. The van der Waals surface area contributed by atoms with Crippen molar-refractivity contribution in [2.75, 3.05) is 13.1 Å². The van der Waals surface area contributed by atoms with E-state index in [1.165, 1.54) is 18.2 Å². The van der Waals surface area contributed by atoms with Crippen LogP contribution in [0.4, 0.5) is 8.78 Å². The highest BCUT2D eigenvalue weighted by atomic mass is 19.1. The van der Waals surface area contributed by atoms with Gasteiger partial charge in [0, 0.05) is 18.0 Å². The number of carbonyl (C=O) groups is 1. The molecule has 1 aliphatic heterocycles. The van der Waals surface area contributed by atoms with Crippen LogP contribution in [0.5, 0.6) is 0 Å². The van der Waals surface area contributed by atoms with E-state index in [-0.39, 0.29) is 29.5 Å². The third kappa shape index (κ3) is 5.02. The van der Waals surface area contributed by atoms with Crippen molar-refractivity contribution in [3.05, 3.63) is 71.1 Å². The van der Waals surface area contributed by atoms with Crippen LogP contribution in [0.1, 0.15) is 42.8 Å². The molecule has 2 heterocycles. The van der Waals surface area contributed by atoms with Gasteiger partial charge in [-0.05, 0) is 69.1 Å². The molecule has 1 aliphatic rings. The van der Waals surface area contributed by atoms with E-state index in [1.54, 1.807) is 31.2 Å². The molecule has 1 atom stereocenters. The Morgan fingerprint density at radius 2 is 1.91 bits per heavy atom. The van der Waals surface area contributed by atoms with Gasteiger partial charge in [-0.1, -0.05) is 29.4 Å². The van der Waals surface area contributed by atoms with Gasteiger partial charge in [-0.25, -0.2) is 8.78 Å². The minimum atomic E-state index is -0.304. The first-order valence-corrected chi connectivity index (χ1v) is 10.8. The fourth-order valence-electron chi connectivity index (χ4n) is 3.89. The minimum absolute atomic E-state index is 0.0168. The van der Waals surface area contributed by atoms with Crippen molar-refractivity contribution in [3.8, 4) is 11.4 Å². The quantitative estimate of drug-likeness (QED) is 0.615. The van der Waals surface area contributed by atoms with Gasteiger partial charge in [-0.2, -0.15) is 4.98 Å². The van der Waals surface area contributed by atoms with Crippen LogP contribution in [0.15, 0.2) is 47.0 Å². The van der Waals surface area contributed by atoms with Crippen molar-refractivity contribution < 1.29 is 18.1 Å². The monoisotopic (exact) mass is 440 g/mol. The Bertz CT molecular complexity index is 1080. The molecular weight excluding hydrogens is 414 g/mol. The van der Waals surface area contributed by atoms with Crippen molar-refractivity contribution in [2.45, 2.75) is 39.3 Å². The van der Waals surface area contributed by atoms with E-state index in [1.807, 2.05) is 6.92 Å². The van der Waals surface area contributed by atoms with Gasteiger partial charge in [-0.15, -0.1) is 0 Å². The van der Waals surface area contributed by atoms with Gasteiger partial charge in [0.15, 0.2) is 0 Å². The van der Waals surface area contributed by atoms with Gasteiger partial charge in [0.05, 0.1) is 6.04 Å². The number of carbonyl (C=O) groups excluding carboxylic acids is 1. The third-order valence-electron chi connectivity index (χ3n) is 6.06. The zero-order valence-electron chi connectivity index (χ0n) is 18.1. The number of aryl methyl sites for hydroxylation is 1. The Balaban J connectivity index is 1.30. The number of likely N-dealkylation sites (tertiary alicyclic amines) is 1. The predicted molar refractivity (Wildman–Crippen MR) is 115 cm³/mol. The fraction of sp³-hybridized carbons (Fsp3) is 0.375. The number of piperidine rings is 1. The number of aromatic nitrogens is 2. The Kier molecular flexibility index (Phi) is 6.60. The molecule has 32 heavy (non-hydrogen) atoms. The smallest absolute Gasteiger partial charge is 0.244 e. The van der Waals surface area contributed by atoms with E-state index in [0.29, 0.717) is 29.4 Å². The van der Waals surface area contributed by atoms with E-state index >= 15 is 0 Å². The van der Waals surface area contributed by atoms with Crippen molar-refractivity contribution in [3.63, 3.8) is 0 Å². The molecule has 1 saturated heterocycles. The van der Waals surface area contributed by atoms with Crippen molar-refractivity contribution in [1.82, 2.24) is 20.4 Å². The summed E-state index contributed by atoms with van der Waals surface area (Å²) in [5.41, 5.74) is 2.01. The molecule has 1 unspecified atom stereocenters. The van der Waals surface area contributed by atoms with E-state index in [4.69, 9.17) is 4.52 Å². The zero-order chi connectivity index (χ0) is 22.7. The number of nitrogens with one attached hydrogen (secondary N) is 1. The number of hydrogen-bond acceptors (Lipinski definition) is 5. The summed E-state index contributed by atoms with van der Waals surface area (Å²) >= 11 is 0. The molecule has 1 aromatic heterocycles. The molecule has 1 fully saturated rings. The van der Waals surface area contributed by atoms with Gasteiger partial charge in [0.25, 0.3) is 0 Å². The predicted octanol–water partition coefficient (Wildman–Crippen LogP) is 4.41. The molecule has 0 bridgehead atoms. The molecule has 2 aromatic carbocycles. The molecular formula is C24H26F2N4O2. The van der Waals surface area contributed by atoms with Crippen LogP contribution in [0.3, 0.4) is 0 Å². The van der Waals surface area contributed by atoms with Crippen molar-refractivity contribution in [2.24, 2.45) is 5.92 Å². The normalized spacial score (nSPS) is 16.1. The van der Waals surface area contributed by atoms with Gasteiger partial charge < -0.3 is 9.84 Å². The lowest BCUT2D eigenvalue weighted by Gasteiger charge is -2.33. The molecule has 8 heteroatoms. The fourth-order valence-corrected chi connectivity index (χ4v) is 3.89. The second-order valence-corrected chi connectivity index (χ2v) is 8.25. The highest BCUT2D eigenvalue weighted by Crippen LogP contribution is 2.28. The lowest BCUT2D eigenvalue weighted by Crippen LogP contribution is -2.41. The lowest BCUT2D eigenvalue weighted by atomic mass is 9.95. The Morgan fingerprint density at radius 3 is 2.59 bits per heavy atom. The highest BCUT2D eigenvalue weighted by molar-refractivity contribution is 5.78. The molecule has 6 nitrogen and oxygen atoms in total. The minimum Gasteiger partial charge on any atom is -0.352 e. The Hall–Kier alpha value is -3.13. The summed E-state index contributed by atoms with van der Waals surface area (Å²) in [4.78, 5) is 19.2. The summed E-state index contributed by atoms with van der Waals surface area (Å²) in [6.45, 7) is 5.54. The largest absolute Gasteiger partial charge is 0.352 e. The van der Waals surface area contributed by atoms with Crippen LogP contribution < -0.4 is 5.32 Å². The second-order valence-electron chi connectivity index (χ2n) is 8.25. The first kappa shape index (κ1) is 22.1. The second kappa shape index (κ2) is 9.56. The number of hydrogen-bond donors (Lipinski definition) is 1. The molecule has 3 aromatic rings. The highest BCUT2D eigenvalue weighted by Gasteiger charge is 2.30. The van der Waals surface area contributed by atoms with Crippen LogP contribution in [-0.2, 0) is 11.3 Å². The molecule has 168 valence electrons. The van der Waals surface area contributed by atoms with Crippen LogP contribution in [0, 0.1) is 24.5 Å². The number of benzene rings is 2. The maximum Gasteiger partial charge on any atom is 0.244 e. The molecule has 4 rings (SSSR count). The first-order valence-electron chi connectivity index (χ1n) is 10.8. The van der Waals surface area contributed by atoms with E-state index in [0.717, 1.165) is 31.5 Å². The maximum atomic E-state index is 13.8. The number of nitrogens with zero attached hydrogens (tertiary/aromatic N) is 3. The van der Waals surface area contributed by atoms with E-state index in [2.05, 4.69) is 20.4 Å². The van der Waals surface area contributed by atoms with Crippen LogP contribution in [0.2, 0.25) is 0 Å². The maximum absolute atomic E-state index is 13.8. The summed E-state index contributed by atoms with van der Waals surface area (Å²) in [7, 11) is 0. The Morgan fingerprint density at radius 1 is 1.19 bits per heavy atom. The molecule has 0 radical (unpaired) electrons. The zero-order valence-corrected chi connectivity index (χ0v) is 18.1. The van der Waals surface area contributed by atoms with Crippen LogP contribution in [0.25, 0.3) is 11.4 Å². The van der Waals surface area contributed by atoms with Crippen molar-refractivity contribution in [1.29, 1.82) is 0 Å². The average molecular weight is 440 g/mol. The van der Waals surface area contributed by atoms with Gasteiger partial charge in [-0.3, -0.25) is 9.69 Å². The van der Waals surface area contributed by atoms with E-state index < -0.39 is 0 Å². The summed E-state index contributed by atoms with van der Waals surface area (Å²) in [5, 5.41) is 6.95. The van der Waals surface area contributed by atoms with Gasteiger partial charge in [0.1, 0.15) is 11.6 Å². The van der Waals surface area contributed by atoms with Crippen LogP contribution >= 0.6 is 0 Å². The summed E-state index contributed by atoms with van der Waals surface area (Å²) in [6, 6.07) is 10.9. The number of rotatable bonds is 6. The van der Waals surface area contributed by atoms with Gasteiger partial charge >= 0.3 is 0 Å². The number of amides is 1. The summed E-state index contributed by atoms with van der Waals surface area (Å²) in [6.07, 6.45) is 1.45. The van der Waals surface area contributed by atoms with Crippen LogP contribution in [-0.4, -0.2) is 34.0 Å².